The number of aromatic amines is 1. The highest BCUT2D eigenvalue weighted by Crippen LogP contribution is 2.40. The maximum absolute atomic E-state index is 14.1. The number of anilines is 1. The molecule has 3 bridgehead atoms. The number of ketones is 4. The lowest BCUT2D eigenvalue weighted by atomic mass is 9.82. The van der Waals surface area contributed by atoms with E-state index >= 15 is 0 Å². The number of allylic oxidation sites excluding steroid dienone is 3. The van der Waals surface area contributed by atoms with Gasteiger partial charge in [0, 0.05) is 23.6 Å². The zero-order valence-electron chi connectivity index (χ0n) is 31.6. The molecule has 3 aliphatic rings. The molecular weight excluding hydrogens is 778 g/mol. The highest BCUT2D eigenvalue weighted by atomic mass is 16.6. The number of nitrogens with one attached hydrogen (secondary N) is 3. The molecule has 0 saturated carbocycles. The van der Waals surface area contributed by atoms with Crippen LogP contribution in [0.3, 0.4) is 0 Å². The van der Waals surface area contributed by atoms with Gasteiger partial charge in [0.1, 0.15) is 34.6 Å². The summed E-state index contributed by atoms with van der Waals surface area (Å²) >= 11 is 0. The Labute approximate surface area is 330 Å². The molecule has 0 fully saturated rings. The van der Waals surface area contributed by atoms with Crippen molar-refractivity contribution >= 4 is 51.7 Å². The number of phenolic OH excluding ortho intramolecular Hbond substituents is 1. The number of hydrogen-bond acceptors (Lipinski definition) is 17. The van der Waals surface area contributed by atoms with Gasteiger partial charge < -0.3 is 54.7 Å². The number of hydrogen-bond donors (Lipinski definition) is 7. The molecule has 0 saturated heterocycles. The normalized spacial score (nSPS) is 22.3. The summed E-state index contributed by atoms with van der Waals surface area (Å²) in [5, 5.41) is 48.9. The fourth-order valence-electron chi connectivity index (χ4n) is 7.09. The number of esters is 1. The van der Waals surface area contributed by atoms with Gasteiger partial charge in [-0.2, -0.15) is 0 Å². The Balaban J connectivity index is 1.26. The third-order valence-electron chi connectivity index (χ3n) is 10.3. The number of benzene rings is 2. The van der Waals surface area contributed by atoms with Gasteiger partial charge in [0.2, 0.25) is 22.8 Å². The van der Waals surface area contributed by atoms with Crippen LogP contribution in [0.2, 0.25) is 0 Å². The molecule has 7 rings (SSSR count). The maximum Gasteiger partial charge on any atom is 0.364 e. The number of carbonyl (C=O) groups is 6. The summed E-state index contributed by atoms with van der Waals surface area (Å²) in [6, 6.07) is 5.90. The third kappa shape index (κ3) is 6.36. The molecule has 2 aromatic heterocycles. The molecule has 4 atom stereocenters. The van der Waals surface area contributed by atoms with Crippen LogP contribution in [0.15, 0.2) is 67.4 Å². The molecule has 4 unspecified atom stereocenters. The molecule has 0 radical (unpaired) electrons. The van der Waals surface area contributed by atoms with E-state index in [0.29, 0.717) is 11.8 Å². The second-order valence-corrected chi connectivity index (χ2v) is 14.3. The number of aryl methyl sites for hydroxylation is 1. The predicted molar refractivity (Wildman–Crippen MR) is 201 cm³/mol. The monoisotopic (exact) mass is 811 g/mol. The molecule has 2 aromatic carbocycles. The van der Waals surface area contributed by atoms with Crippen LogP contribution in [0.5, 0.6) is 23.0 Å². The molecule has 19 heteroatoms. The van der Waals surface area contributed by atoms with Gasteiger partial charge in [0.05, 0.1) is 30.2 Å². The van der Waals surface area contributed by atoms with Gasteiger partial charge in [-0.15, -0.1) is 0 Å². The van der Waals surface area contributed by atoms with Gasteiger partial charge >= 0.3 is 11.6 Å². The Bertz CT molecular complexity index is 2810. The van der Waals surface area contributed by atoms with Crippen molar-refractivity contribution in [2.24, 2.45) is 5.92 Å². The molecule has 2 aliphatic heterocycles. The van der Waals surface area contributed by atoms with E-state index < -0.39 is 128 Å². The van der Waals surface area contributed by atoms with Crippen LogP contribution in [-0.2, 0) is 14.3 Å². The van der Waals surface area contributed by atoms with Crippen molar-refractivity contribution in [1.29, 1.82) is 0 Å². The van der Waals surface area contributed by atoms with Crippen LogP contribution >= 0.6 is 0 Å². The molecule has 1 aliphatic carbocycles. The van der Waals surface area contributed by atoms with E-state index in [2.05, 4.69) is 15.6 Å². The second-order valence-electron chi connectivity index (χ2n) is 14.3. The Kier molecular flexibility index (Phi) is 9.51. The molecule has 0 spiro atoms. The Morgan fingerprint density at radius 1 is 0.932 bits per heavy atom. The van der Waals surface area contributed by atoms with Gasteiger partial charge in [-0.3, -0.25) is 28.8 Å². The number of aromatic hydroxyl groups is 3. The Morgan fingerprint density at radius 2 is 1.64 bits per heavy atom. The van der Waals surface area contributed by atoms with Gasteiger partial charge in [0.25, 0.3) is 5.91 Å². The van der Waals surface area contributed by atoms with Crippen molar-refractivity contribution in [2.45, 2.75) is 45.5 Å². The number of phenols is 1. The number of fused-ring (bicyclic) bond motifs is 2. The number of H-pyrrole nitrogens is 1. The number of amides is 1. The van der Waals surface area contributed by atoms with Crippen molar-refractivity contribution in [2.75, 3.05) is 19.0 Å². The van der Waals surface area contributed by atoms with Crippen LogP contribution in [0.1, 0.15) is 78.4 Å². The first-order chi connectivity index (χ1) is 27.8. The number of aliphatic hydroxyl groups is 1. The van der Waals surface area contributed by atoms with Crippen molar-refractivity contribution in [3.05, 3.63) is 108 Å². The van der Waals surface area contributed by atoms with E-state index in [-0.39, 0.29) is 33.4 Å². The van der Waals surface area contributed by atoms with Crippen molar-refractivity contribution < 1.29 is 67.8 Å². The molecule has 304 valence electrons. The fourth-order valence-corrected chi connectivity index (χ4v) is 7.09. The number of aliphatic hydroxyl groups excluding tert-OH is 1. The molecule has 59 heavy (non-hydrogen) atoms. The second kappa shape index (κ2) is 14.1. The van der Waals surface area contributed by atoms with Gasteiger partial charge in [-0.25, -0.2) is 9.59 Å². The van der Waals surface area contributed by atoms with Crippen molar-refractivity contribution in [1.82, 2.24) is 10.3 Å². The zero-order valence-corrected chi connectivity index (χ0v) is 31.6. The highest BCUT2D eigenvalue weighted by molar-refractivity contribution is 6.31. The van der Waals surface area contributed by atoms with E-state index in [9.17, 15) is 58.8 Å². The van der Waals surface area contributed by atoms with Crippen LogP contribution < -0.4 is 26.4 Å². The van der Waals surface area contributed by atoms with Gasteiger partial charge in [-0.05, 0) is 50.1 Å². The smallest absolute Gasteiger partial charge is 0.364 e. The van der Waals surface area contributed by atoms with Crippen LogP contribution in [0, 0.1) is 12.8 Å². The first kappa shape index (κ1) is 39.7. The van der Waals surface area contributed by atoms with E-state index in [0.717, 1.165) is 0 Å². The lowest BCUT2D eigenvalue weighted by Gasteiger charge is -2.39. The Morgan fingerprint density at radius 3 is 2.34 bits per heavy atom. The lowest BCUT2D eigenvalue weighted by Crippen LogP contribution is -2.59. The summed E-state index contributed by atoms with van der Waals surface area (Å²) in [6.45, 7) is 4.72. The maximum atomic E-state index is 14.1. The molecule has 4 aromatic rings. The molecule has 7 N–H and O–H groups in total. The Hall–Kier alpha value is -7.54. The van der Waals surface area contributed by atoms with Crippen molar-refractivity contribution in [3.63, 3.8) is 0 Å². The summed E-state index contributed by atoms with van der Waals surface area (Å²) in [7, 11) is 1.36. The number of rotatable bonds is 5. The number of ether oxygens (including phenoxy) is 3. The largest absolute Gasteiger partial charge is 0.507 e. The van der Waals surface area contributed by atoms with Crippen molar-refractivity contribution in [3.8, 4) is 23.0 Å². The summed E-state index contributed by atoms with van der Waals surface area (Å²) in [5.41, 5.74) is -8.89. The summed E-state index contributed by atoms with van der Waals surface area (Å²) in [6.07, 6.45) is -3.10. The first-order valence-electron chi connectivity index (χ1n) is 17.7. The minimum atomic E-state index is -2.32. The van der Waals surface area contributed by atoms with E-state index in [1.165, 1.54) is 65.1 Å². The quantitative estimate of drug-likeness (QED) is 0.112. The average molecular weight is 812 g/mol. The zero-order chi connectivity index (χ0) is 43.0. The van der Waals surface area contributed by atoms with E-state index in [4.69, 9.17) is 18.6 Å². The predicted octanol–water partition coefficient (Wildman–Crippen LogP) is 2.07. The van der Waals surface area contributed by atoms with Crippen LogP contribution in [0.25, 0.3) is 11.0 Å². The van der Waals surface area contributed by atoms with Crippen LogP contribution in [-0.4, -0.2) is 91.9 Å². The van der Waals surface area contributed by atoms with Gasteiger partial charge in [0.15, 0.2) is 46.1 Å². The lowest BCUT2D eigenvalue weighted by molar-refractivity contribution is -0.154. The van der Waals surface area contributed by atoms with Crippen LogP contribution in [0.4, 0.5) is 5.69 Å². The topological polar surface area (TPSA) is 298 Å². The number of aromatic nitrogens is 1. The molecule has 1 amide bonds. The summed E-state index contributed by atoms with van der Waals surface area (Å²) < 4.78 is 21.7. The fraction of sp³-hybridized carbons (Fsp3) is 0.250. The SMILES string of the molecule is COc1ccc2c(O)c(NC(=O)c3cc(=O)c(O)c(C(=O)OC4C(C)/C=C(/C)C(=O)c5c(O)c(C)cc6c5C(=O)C5=C(NCC(C)(O5)C(=O)C4O)C6=O)[nH]3)c(=O)oc2c1. The first-order valence-corrected chi connectivity index (χ1v) is 17.7. The summed E-state index contributed by atoms with van der Waals surface area (Å²) in [5.74, 6) is -11.0. The third-order valence-corrected chi connectivity index (χ3v) is 10.3. The minimum absolute atomic E-state index is 0.00494. The number of pyridine rings is 1. The summed E-state index contributed by atoms with van der Waals surface area (Å²) in [4.78, 5) is 111. The average Bonchev–Trinajstić information content (AvgIpc) is 3.20. The number of Topliss-reactive ketones (excluding diaryl/α,β-unsaturated/α-hetero) is 4. The molecule has 4 heterocycles. The highest BCUT2D eigenvalue weighted by Gasteiger charge is 2.51. The number of methoxy groups -OCH3 is 1. The van der Waals surface area contributed by atoms with Gasteiger partial charge in [-0.1, -0.05) is 13.0 Å². The standard InChI is InChI=1S/C40H33N3O16/c1-13-8-15(3)34(33(51)36(52)40(4)12-41-24-30(48)18-9-14(2)28(46)23(27(13)45)22(18)32(50)35(24)59-40)58-39(55)26-31(49)20(44)11-19(42-26)37(53)43-25-29(47)17-7-6-16(56-5)10-21(17)57-38(25)54/h6-11,15,33-34,41,46-47,49,51H,12H2,1-5H3,(H,42,44)(H,43,53)/b13-8-. The van der Waals surface area contributed by atoms with E-state index in [1.807, 2.05) is 0 Å². The molecular formula is C40H33N3O16. The molecule has 19 nitrogen and oxygen atoms in total. The number of carbonyl (C=O) groups excluding carboxylic acids is 6. The van der Waals surface area contributed by atoms with E-state index in [1.54, 1.807) is 0 Å². The minimum Gasteiger partial charge on any atom is -0.507 e.